The maximum atomic E-state index is 12.8. The SMILES string of the molecule is O=C(NC1C2CCC(C2)C1C(=O)O)c1ccc(F)cn1. The van der Waals surface area contributed by atoms with Gasteiger partial charge in [0.1, 0.15) is 11.5 Å². The van der Waals surface area contributed by atoms with Crippen molar-refractivity contribution >= 4 is 11.9 Å². The number of pyridine rings is 1. The molecule has 0 aliphatic heterocycles. The number of nitrogens with one attached hydrogen (secondary N) is 1. The first-order valence-electron chi connectivity index (χ1n) is 6.71. The van der Waals surface area contributed by atoms with Crippen molar-refractivity contribution in [2.75, 3.05) is 0 Å². The van der Waals surface area contributed by atoms with E-state index in [2.05, 4.69) is 10.3 Å². The standard InChI is InChI=1S/C14H15FN2O3/c15-9-3-4-10(16-6-9)13(18)17-12-8-2-1-7(5-8)11(12)14(19)20/h3-4,6-8,11-12H,1-2,5H2,(H,17,18)(H,19,20). The van der Waals surface area contributed by atoms with E-state index in [9.17, 15) is 19.1 Å². The molecule has 1 amide bonds. The minimum absolute atomic E-state index is 0.110. The van der Waals surface area contributed by atoms with Crippen LogP contribution in [-0.2, 0) is 4.79 Å². The van der Waals surface area contributed by atoms with Gasteiger partial charge in [-0.2, -0.15) is 0 Å². The summed E-state index contributed by atoms with van der Waals surface area (Å²) >= 11 is 0. The van der Waals surface area contributed by atoms with Gasteiger partial charge in [0.2, 0.25) is 0 Å². The van der Waals surface area contributed by atoms with Crippen LogP contribution < -0.4 is 5.32 Å². The van der Waals surface area contributed by atoms with Crippen LogP contribution in [0.2, 0.25) is 0 Å². The Bertz CT molecular complexity index is 546. The van der Waals surface area contributed by atoms with Gasteiger partial charge in [0, 0.05) is 6.04 Å². The smallest absolute Gasteiger partial charge is 0.308 e. The number of fused-ring (bicyclic) bond motifs is 2. The maximum absolute atomic E-state index is 12.8. The number of rotatable bonds is 3. The van der Waals surface area contributed by atoms with Gasteiger partial charge in [0.25, 0.3) is 5.91 Å². The number of carboxylic acid groups (broad SMARTS) is 1. The summed E-state index contributed by atoms with van der Waals surface area (Å²) in [4.78, 5) is 27.1. The third-order valence-corrected chi connectivity index (χ3v) is 4.46. The molecule has 5 nitrogen and oxygen atoms in total. The minimum atomic E-state index is -0.852. The largest absolute Gasteiger partial charge is 0.481 e. The molecule has 1 heterocycles. The first kappa shape index (κ1) is 13.0. The van der Waals surface area contributed by atoms with E-state index in [-0.39, 0.29) is 23.6 Å². The van der Waals surface area contributed by atoms with E-state index < -0.39 is 23.6 Å². The first-order valence-corrected chi connectivity index (χ1v) is 6.71. The highest BCUT2D eigenvalue weighted by Crippen LogP contribution is 2.48. The van der Waals surface area contributed by atoms with Crippen LogP contribution >= 0.6 is 0 Å². The number of carbonyl (C=O) groups is 2. The monoisotopic (exact) mass is 278 g/mol. The van der Waals surface area contributed by atoms with Gasteiger partial charge in [-0.25, -0.2) is 9.37 Å². The number of carbonyl (C=O) groups excluding carboxylic acids is 1. The van der Waals surface area contributed by atoms with E-state index in [1.165, 1.54) is 6.07 Å². The van der Waals surface area contributed by atoms with Crippen LogP contribution in [0.5, 0.6) is 0 Å². The van der Waals surface area contributed by atoms with Gasteiger partial charge < -0.3 is 10.4 Å². The molecule has 0 spiro atoms. The predicted octanol–water partition coefficient (Wildman–Crippen LogP) is 1.45. The molecule has 4 atom stereocenters. The van der Waals surface area contributed by atoms with Gasteiger partial charge in [-0.1, -0.05) is 0 Å². The molecule has 1 aromatic rings. The molecule has 0 aromatic carbocycles. The maximum Gasteiger partial charge on any atom is 0.308 e. The summed E-state index contributed by atoms with van der Waals surface area (Å²) in [6, 6.07) is 2.12. The lowest BCUT2D eigenvalue weighted by Crippen LogP contribution is -2.47. The second-order valence-electron chi connectivity index (χ2n) is 5.56. The molecule has 1 aromatic heterocycles. The predicted molar refractivity (Wildman–Crippen MR) is 67.4 cm³/mol. The molecule has 0 radical (unpaired) electrons. The molecule has 20 heavy (non-hydrogen) atoms. The van der Waals surface area contributed by atoms with Crippen LogP contribution in [0.4, 0.5) is 4.39 Å². The topological polar surface area (TPSA) is 79.3 Å². The summed E-state index contributed by atoms with van der Waals surface area (Å²) in [6.07, 6.45) is 3.71. The molecule has 106 valence electrons. The van der Waals surface area contributed by atoms with Crippen LogP contribution in [-0.4, -0.2) is 28.0 Å². The van der Waals surface area contributed by atoms with Gasteiger partial charge in [-0.15, -0.1) is 0 Å². The Balaban J connectivity index is 1.75. The summed E-state index contributed by atoms with van der Waals surface area (Å²) < 4.78 is 12.8. The third kappa shape index (κ3) is 2.15. The lowest BCUT2D eigenvalue weighted by molar-refractivity contribution is -0.144. The van der Waals surface area contributed by atoms with E-state index >= 15 is 0 Å². The number of aromatic nitrogens is 1. The van der Waals surface area contributed by atoms with Gasteiger partial charge in [0.05, 0.1) is 12.1 Å². The fraction of sp³-hybridized carbons (Fsp3) is 0.500. The Kier molecular flexibility index (Phi) is 3.16. The average molecular weight is 278 g/mol. The zero-order valence-corrected chi connectivity index (χ0v) is 10.8. The van der Waals surface area contributed by atoms with Gasteiger partial charge >= 0.3 is 5.97 Å². The zero-order valence-electron chi connectivity index (χ0n) is 10.8. The quantitative estimate of drug-likeness (QED) is 0.877. The highest BCUT2D eigenvalue weighted by molar-refractivity contribution is 5.92. The molecule has 2 fully saturated rings. The van der Waals surface area contributed by atoms with Crippen LogP contribution in [0.1, 0.15) is 29.8 Å². The molecule has 2 N–H and O–H groups in total. The number of hydrogen-bond donors (Lipinski definition) is 2. The summed E-state index contributed by atoms with van der Waals surface area (Å²) in [7, 11) is 0. The number of nitrogens with zero attached hydrogens (tertiary/aromatic N) is 1. The summed E-state index contributed by atoms with van der Waals surface area (Å²) in [6.45, 7) is 0. The van der Waals surface area contributed by atoms with Crippen LogP contribution in [0, 0.1) is 23.6 Å². The lowest BCUT2D eigenvalue weighted by Gasteiger charge is -2.28. The Hall–Kier alpha value is -1.98. The first-order chi connectivity index (χ1) is 9.56. The van der Waals surface area contributed by atoms with Crippen molar-refractivity contribution in [2.24, 2.45) is 17.8 Å². The minimum Gasteiger partial charge on any atom is -0.481 e. The Labute approximate surface area is 115 Å². The molecule has 2 saturated carbocycles. The molecule has 3 rings (SSSR count). The van der Waals surface area contributed by atoms with Crippen molar-refractivity contribution in [3.63, 3.8) is 0 Å². The van der Waals surface area contributed by atoms with Gasteiger partial charge in [-0.05, 0) is 43.2 Å². The van der Waals surface area contributed by atoms with Gasteiger partial charge in [0.15, 0.2) is 0 Å². The molecular formula is C14H15FN2O3. The van der Waals surface area contributed by atoms with E-state index in [1.54, 1.807) is 0 Å². The molecule has 6 heteroatoms. The van der Waals surface area contributed by atoms with E-state index in [0.717, 1.165) is 31.5 Å². The Morgan fingerprint density at radius 1 is 1.30 bits per heavy atom. The molecular weight excluding hydrogens is 263 g/mol. The van der Waals surface area contributed by atoms with Crippen molar-refractivity contribution in [1.29, 1.82) is 0 Å². The summed E-state index contributed by atoms with van der Waals surface area (Å²) in [5.74, 6) is -1.93. The highest BCUT2D eigenvalue weighted by Gasteiger charge is 2.51. The van der Waals surface area contributed by atoms with Crippen molar-refractivity contribution in [3.8, 4) is 0 Å². The molecule has 2 aliphatic rings. The van der Waals surface area contributed by atoms with E-state index in [1.807, 2.05) is 0 Å². The van der Waals surface area contributed by atoms with Crippen LogP contribution in [0.25, 0.3) is 0 Å². The second-order valence-corrected chi connectivity index (χ2v) is 5.56. The number of carboxylic acids is 1. The normalized spacial score (nSPS) is 31.2. The molecule has 0 saturated heterocycles. The lowest BCUT2D eigenvalue weighted by atomic mass is 9.84. The second kappa shape index (κ2) is 4.85. The highest BCUT2D eigenvalue weighted by atomic mass is 19.1. The Morgan fingerprint density at radius 3 is 2.70 bits per heavy atom. The van der Waals surface area contributed by atoms with E-state index in [0.29, 0.717) is 0 Å². The number of amides is 1. The van der Waals surface area contributed by atoms with Gasteiger partial charge in [-0.3, -0.25) is 9.59 Å². The van der Waals surface area contributed by atoms with Crippen LogP contribution in [0.3, 0.4) is 0 Å². The number of halogens is 1. The average Bonchev–Trinajstić information content (AvgIpc) is 3.00. The Morgan fingerprint density at radius 2 is 2.05 bits per heavy atom. The third-order valence-electron chi connectivity index (χ3n) is 4.46. The van der Waals surface area contributed by atoms with Crippen molar-refractivity contribution in [1.82, 2.24) is 10.3 Å². The molecule has 2 bridgehead atoms. The number of aliphatic carboxylic acids is 1. The summed E-state index contributed by atoms with van der Waals surface area (Å²) in [5.41, 5.74) is 0.110. The van der Waals surface area contributed by atoms with E-state index in [4.69, 9.17) is 0 Å². The van der Waals surface area contributed by atoms with Crippen molar-refractivity contribution in [2.45, 2.75) is 25.3 Å². The van der Waals surface area contributed by atoms with Crippen molar-refractivity contribution < 1.29 is 19.1 Å². The summed E-state index contributed by atoms with van der Waals surface area (Å²) in [5, 5.41) is 12.1. The fourth-order valence-electron chi connectivity index (χ4n) is 3.59. The number of hydrogen-bond acceptors (Lipinski definition) is 3. The molecule has 4 unspecified atom stereocenters. The fourth-order valence-corrected chi connectivity index (χ4v) is 3.59. The molecule has 2 aliphatic carbocycles. The van der Waals surface area contributed by atoms with Crippen molar-refractivity contribution in [3.05, 3.63) is 29.8 Å². The zero-order chi connectivity index (χ0) is 14.3. The van der Waals surface area contributed by atoms with Crippen LogP contribution in [0.15, 0.2) is 18.3 Å².